The largest absolute Gasteiger partial charge is 0.383 e. The second-order valence-electron chi connectivity index (χ2n) is 6.32. The lowest BCUT2D eigenvalue weighted by molar-refractivity contribution is -0.124. The highest BCUT2D eigenvalue weighted by molar-refractivity contribution is 7.16. The highest BCUT2D eigenvalue weighted by atomic mass is 32.1. The lowest BCUT2D eigenvalue weighted by atomic mass is 9.80. The van der Waals surface area contributed by atoms with Gasteiger partial charge in [0.2, 0.25) is 0 Å². The molecule has 0 saturated heterocycles. The predicted octanol–water partition coefficient (Wildman–Crippen LogP) is 3.60. The second-order valence-corrected chi connectivity index (χ2v) is 7.32. The summed E-state index contributed by atoms with van der Waals surface area (Å²) in [5.41, 5.74) is 1.12. The molecule has 124 valence electrons. The van der Waals surface area contributed by atoms with Crippen LogP contribution in [0.4, 0.5) is 0 Å². The van der Waals surface area contributed by atoms with Gasteiger partial charge in [-0.1, -0.05) is 43.2 Å². The molecule has 1 saturated carbocycles. The van der Waals surface area contributed by atoms with Gasteiger partial charge in [0.1, 0.15) is 0 Å². The maximum Gasteiger partial charge on any atom is 0.251 e. The zero-order chi connectivity index (χ0) is 16.2. The fourth-order valence-electron chi connectivity index (χ4n) is 3.37. The molecule has 2 aromatic rings. The number of fused-ring (bicyclic) bond motifs is 1. The van der Waals surface area contributed by atoms with Crippen molar-refractivity contribution < 1.29 is 9.53 Å². The molecule has 1 aliphatic carbocycles. The molecule has 0 radical (unpaired) electrons. The fraction of sp³-hybridized carbons (Fsp3) is 0.556. The standard InChI is InChI=1S/C18H24N2O2S/c1-13-7-3-4-8-14(13)17(21)19-18-20(11-12-22-2)15-9-5-6-10-16(15)23-18/h5-6,9-10,13-14H,3-4,7-8,11-12H2,1-2H3/t13-,14+/m0/s1. The minimum atomic E-state index is 0.0509. The van der Waals surface area contributed by atoms with Gasteiger partial charge in [-0.3, -0.25) is 4.79 Å². The molecule has 0 unspecified atom stereocenters. The summed E-state index contributed by atoms with van der Waals surface area (Å²) in [6.45, 7) is 3.51. The number of hydrogen-bond acceptors (Lipinski definition) is 3. The Morgan fingerprint density at radius 2 is 2.13 bits per heavy atom. The van der Waals surface area contributed by atoms with Gasteiger partial charge >= 0.3 is 0 Å². The number of benzene rings is 1. The first kappa shape index (κ1) is 16.4. The Balaban J connectivity index is 1.98. The number of nitrogens with zero attached hydrogens (tertiary/aromatic N) is 2. The molecule has 3 rings (SSSR count). The van der Waals surface area contributed by atoms with Gasteiger partial charge in [0.05, 0.1) is 16.8 Å². The molecule has 0 bridgehead atoms. The van der Waals surface area contributed by atoms with Crippen LogP contribution in [0.25, 0.3) is 10.2 Å². The van der Waals surface area contributed by atoms with Crippen molar-refractivity contribution in [1.29, 1.82) is 0 Å². The van der Waals surface area contributed by atoms with E-state index in [9.17, 15) is 4.79 Å². The Hall–Kier alpha value is -1.46. The van der Waals surface area contributed by atoms with E-state index < -0.39 is 0 Å². The minimum absolute atomic E-state index is 0.0509. The van der Waals surface area contributed by atoms with Crippen molar-refractivity contribution >= 4 is 27.5 Å². The SMILES string of the molecule is COCCn1c(=NC(=O)[C@@H]2CCCC[C@@H]2C)sc2ccccc21. The van der Waals surface area contributed by atoms with E-state index in [1.807, 2.05) is 12.1 Å². The number of amides is 1. The molecular formula is C18H24N2O2S. The molecule has 1 aromatic carbocycles. The molecule has 1 fully saturated rings. The van der Waals surface area contributed by atoms with E-state index in [-0.39, 0.29) is 11.8 Å². The average Bonchev–Trinajstić information content (AvgIpc) is 2.90. The lowest BCUT2D eigenvalue weighted by Crippen LogP contribution is -2.27. The smallest absolute Gasteiger partial charge is 0.251 e. The van der Waals surface area contributed by atoms with Gasteiger partial charge < -0.3 is 9.30 Å². The number of rotatable bonds is 4. The second kappa shape index (κ2) is 7.41. The van der Waals surface area contributed by atoms with Crippen LogP contribution < -0.4 is 4.80 Å². The summed E-state index contributed by atoms with van der Waals surface area (Å²) in [6.07, 6.45) is 4.50. The zero-order valence-electron chi connectivity index (χ0n) is 13.8. The summed E-state index contributed by atoms with van der Waals surface area (Å²) < 4.78 is 8.48. The van der Waals surface area contributed by atoms with E-state index in [2.05, 4.69) is 28.6 Å². The molecule has 5 heteroatoms. The first-order valence-corrected chi connectivity index (χ1v) is 9.18. The maximum absolute atomic E-state index is 12.7. The molecule has 2 atom stereocenters. The number of methoxy groups -OCH3 is 1. The molecule has 0 aliphatic heterocycles. The van der Waals surface area contributed by atoms with Crippen LogP contribution in [0.5, 0.6) is 0 Å². The van der Waals surface area contributed by atoms with Gasteiger partial charge in [-0.05, 0) is 30.9 Å². The minimum Gasteiger partial charge on any atom is -0.383 e. The number of carbonyl (C=O) groups is 1. The fourth-order valence-corrected chi connectivity index (χ4v) is 4.43. The monoisotopic (exact) mass is 332 g/mol. The van der Waals surface area contributed by atoms with Crippen molar-refractivity contribution in [2.75, 3.05) is 13.7 Å². The van der Waals surface area contributed by atoms with E-state index in [0.29, 0.717) is 19.1 Å². The van der Waals surface area contributed by atoms with Crippen molar-refractivity contribution in [3.63, 3.8) is 0 Å². The highest BCUT2D eigenvalue weighted by Crippen LogP contribution is 2.30. The summed E-state index contributed by atoms with van der Waals surface area (Å²) in [5, 5.41) is 0. The van der Waals surface area contributed by atoms with Crippen LogP contribution in [-0.4, -0.2) is 24.2 Å². The third kappa shape index (κ3) is 3.56. The van der Waals surface area contributed by atoms with E-state index in [0.717, 1.165) is 34.3 Å². The summed E-state index contributed by atoms with van der Waals surface area (Å²) in [5.74, 6) is 0.585. The normalized spacial score (nSPS) is 22.6. The van der Waals surface area contributed by atoms with Gasteiger partial charge in [-0.2, -0.15) is 4.99 Å². The molecule has 1 aromatic heterocycles. The number of hydrogen-bond donors (Lipinski definition) is 0. The van der Waals surface area contributed by atoms with Crippen LogP contribution >= 0.6 is 11.3 Å². The van der Waals surface area contributed by atoms with E-state index in [1.54, 1.807) is 18.4 Å². The van der Waals surface area contributed by atoms with E-state index in [4.69, 9.17) is 4.74 Å². The average molecular weight is 332 g/mol. The number of ether oxygens (including phenoxy) is 1. The van der Waals surface area contributed by atoms with Gasteiger partial charge in [0.15, 0.2) is 4.80 Å². The summed E-state index contributed by atoms with van der Waals surface area (Å²) in [7, 11) is 1.70. The van der Waals surface area contributed by atoms with Crippen LogP contribution in [0.3, 0.4) is 0 Å². The Morgan fingerprint density at radius 1 is 1.35 bits per heavy atom. The zero-order valence-corrected chi connectivity index (χ0v) is 14.6. The molecule has 23 heavy (non-hydrogen) atoms. The van der Waals surface area contributed by atoms with Crippen LogP contribution in [0.1, 0.15) is 32.6 Å². The molecule has 1 aliphatic rings. The van der Waals surface area contributed by atoms with E-state index in [1.165, 1.54) is 6.42 Å². The Bertz CT molecular complexity index is 747. The third-order valence-corrected chi connectivity index (χ3v) is 5.80. The van der Waals surface area contributed by atoms with Crippen LogP contribution in [0, 0.1) is 11.8 Å². The third-order valence-electron chi connectivity index (χ3n) is 4.74. The number of para-hydroxylation sites is 1. The number of aromatic nitrogens is 1. The first-order chi connectivity index (χ1) is 11.2. The number of thiazole rings is 1. The van der Waals surface area contributed by atoms with Gasteiger partial charge in [-0.15, -0.1) is 0 Å². The molecular weight excluding hydrogens is 308 g/mol. The summed E-state index contributed by atoms with van der Waals surface area (Å²) in [6, 6.07) is 8.20. The molecule has 1 heterocycles. The van der Waals surface area contributed by atoms with Crippen molar-refractivity contribution in [3.8, 4) is 0 Å². The van der Waals surface area contributed by atoms with Crippen LogP contribution in [0.2, 0.25) is 0 Å². The predicted molar refractivity (Wildman–Crippen MR) is 93.4 cm³/mol. The van der Waals surface area contributed by atoms with Crippen LogP contribution in [0.15, 0.2) is 29.3 Å². The van der Waals surface area contributed by atoms with E-state index >= 15 is 0 Å². The van der Waals surface area contributed by atoms with Crippen molar-refractivity contribution in [2.45, 2.75) is 39.2 Å². The summed E-state index contributed by atoms with van der Waals surface area (Å²) >= 11 is 1.59. The Kier molecular flexibility index (Phi) is 5.28. The van der Waals surface area contributed by atoms with Crippen molar-refractivity contribution in [2.24, 2.45) is 16.8 Å². The molecule has 1 amide bonds. The molecule has 0 spiro atoms. The quantitative estimate of drug-likeness (QED) is 0.858. The molecule has 4 nitrogen and oxygen atoms in total. The van der Waals surface area contributed by atoms with Crippen molar-refractivity contribution in [1.82, 2.24) is 4.57 Å². The Morgan fingerprint density at radius 3 is 2.91 bits per heavy atom. The van der Waals surface area contributed by atoms with Crippen LogP contribution in [-0.2, 0) is 16.1 Å². The molecule has 0 N–H and O–H groups in total. The maximum atomic E-state index is 12.7. The van der Waals surface area contributed by atoms with Gasteiger partial charge in [0.25, 0.3) is 5.91 Å². The van der Waals surface area contributed by atoms with Gasteiger partial charge in [0, 0.05) is 19.6 Å². The number of carbonyl (C=O) groups excluding carboxylic acids is 1. The van der Waals surface area contributed by atoms with Crippen molar-refractivity contribution in [3.05, 3.63) is 29.1 Å². The van der Waals surface area contributed by atoms with Gasteiger partial charge in [-0.25, -0.2) is 0 Å². The Labute approximate surface area is 140 Å². The first-order valence-electron chi connectivity index (χ1n) is 8.36. The summed E-state index contributed by atoms with van der Waals surface area (Å²) in [4.78, 5) is 18.0. The topological polar surface area (TPSA) is 43.6 Å². The highest BCUT2D eigenvalue weighted by Gasteiger charge is 2.27. The lowest BCUT2D eigenvalue weighted by Gasteiger charge is -2.25.